The lowest BCUT2D eigenvalue weighted by Gasteiger charge is -2.18. The zero-order chi connectivity index (χ0) is 46.1. The molecule has 2 saturated heterocycles. The predicted octanol–water partition coefficient (Wildman–Crippen LogP) is 9.17. The first-order valence-electron chi connectivity index (χ1n) is 17.8. The molecule has 61 heavy (non-hydrogen) atoms. The summed E-state index contributed by atoms with van der Waals surface area (Å²) in [5, 5.41) is 9.39. The van der Waals surface area contributed by atoms with Crippen LogP contribution in [-0.2, 0) is 39.9 Å². The first kappa shape index (κ1) is 48.9. The van der Waals surface area contributed by atoms with Crippen molar-refractivity contribution < 1.29 is 56.8 Å². The number of aromatic hydroxyl groups is 1. The lowest BCUT2D eigenvalue weighted by atomic mass is 9.97. The summed E-state index contributed by atoms with van der Waals surface area (Å²) in [6.45, 7) is 8.96. The van der Waals surface area contributed by atoms with Gasteiger partial charge >= 0.3 is 0 Å². The molecule has 0 saturated carbocycles. The van der Waals surface area contributed by atoms with Crippen LogP contribution in [0.4, 0.5) is 23.2 Å². The lowest BCUT2D eigenvalue weighted by Crippen LogP contribution is -2.31. The first-order valence-corrected chi connectivity index (χ1v) is 24.2. The minimum absolute atomic E-state index is 0.00245. The summed E-state index contributed by atoms with van der Waals surface area (Å²) in [7, 11) is -7.13. The molecule has 3 aromatic carbocycles. The molecule has 4 heterocycles. The Morgan fingerprint density at radius 3 is 1.39 bits per heavy atom. The fraction of sp³-hybridized carbons (Fsp3) is 0.444. The van der Waals surface area contributed by atoms with E-state index < -0.39 is 82.9 Å². The largest absolute Gasteiger partial charge is 0.504 e. The molecule has 2 aliphatic heterocycles. The second kappa shape index (κ2) is 16.8. The van der Waals surface area contributed by atoms with E-state index in [1.807, 2.05) is 41.5 Å². The van der Waals surface area contributed by atoms with Crippen molar-refractivity contribution in [2.45, 2.75) is 91.7 Å². The number of nitrogens with two attached hydrogens (primary N) is 1. The van der Waals surface area contributed by atoms with Gasteiger partial charge < -0.3 is 19.7 Å². The maximum Gasteiger partial charge on any atom is 0.266 e. The zero-order valence-corrected chi connectivity index (χ0v) is 38.5. The number of rotatable bonds is 5. The average Bonchev–Trinajstić information content (AvgIpc) is 3.90. The number of benzene rings is 3. The van der Waals surface area contributed by atoms with Gasteiger partial charge in [-0.15, -0.1) is 0 Å². The summed E-state index contributed by atoms with van der Waals surface area (Å²) in [5.74, 6) is -6.05. The predicted molar refractivity (Wildman–Crippen MR) is 223 cm³/mol. The number of anilines is 1. The maximum atomic E-state index is 13.4. The van der Waals surface area contributed by atoms with Gasteiger partial charge in [0, 0.05) is 47.4 Å². The average molecular weight is 1000 g/mol. The highest BCUT2D eigenvalue weighted by molar-refractivity contribution is 8.14. The molecule has 3 N–H and O–H groups in total. The second-order valence-electron chi connectivity index (χ2n) is 16.1. The van der Waals surface area contributed by atoms with E-state index in [1.165, 1.54) is 24.3 Å². The van der Waals surface area contributed by atoms with Gasteiger partial charge in [-0.05, 0) is 36.4 Å². The third-order valence-corrected chi connectivity index (χ3v) is 15.5. The number of nitrogen functional groups attached to an aromatic ring is 1. The maximum absolute atomic E-state index is 13.4. The SMILES string of the molecule is CC(C)(C)c1nc2ccc(Cl)c(S(=O)(=O)Cl)c2o1.CC(C)(C)c1nc2ccc(Cl)c(S(=O)(=O)N3CCC(F)(F)C3)c2o1.Nc1ccc(Cl)c(S(=O)(=O)N2CCC(F)(F)C2)c1O. The lowest BCUT2D eigenvalue weighted by molar-refractivity contribution is 0.0177. The minimum Gasteiger partial charge on any atom is -0.504 e. The number of oxazole rings is 2. The number of hydrogen-bond donors (Lipinski definition) is 2. The number of phenolic OH excluding ortho intramolecular Hbond substituents is 1. The fourth-order valence-electron chi connectivity index (χ4n) is 5.88. The van der Waals surface area contributed by atoms with Crippen LogP contribution < -0.4 is 5.73 Å². The van der Waals surface area contributed by atoms with Crippen molar-refractivity contribution >= 4 is 102 Å². The molecular formula is C36H39Cl4F4N5O9S3. The Morgan fingerprint density at radius 1 is 0.656 bits per heavy atom. The van der Waals surface area contributed by atoms with E-state index in [-0.39, 0.29) is 60.2 Å². The monoisotopic (exact) mass is 997 g/mol. The van der Waals surface area contributed by atoms with Crippen LogP contribution in [0.5, 0.6) is 5.75 Å². The Balaban J connectivity index is 0.000000176. The number of alkyl halides is 4. The topological polar surface area (TPSA) is 207 Å². The molecule has 0 atom stereocenters. The van der Waals surface area contributed by atoms with E-state index in [9.17, 15) is 47.9 Å². The van der Waals surface area contributed by atoms with Crippen molar-refractivity contribution in [1.82, 2.24) is 18.6 Å². The van der Waals surface area contributed by atoms with Crippen molar-refractivity contribution in [3.8, 4) is 5.75 Å². The van der Waals surface area contributed by atoms with Gasteiger partial charge in [0.2, 0.25) is 31.8 Å². The molecule has 2 aromatic heterocycles. The second-order valence-corrected chi connectivity index (χ2v) is 23.6. The van der Waals surface area contributed by atoms with Crippen LogP contribution in [0.15, 0.2) is 59.9 Å². The molecule has 2 fully saturated rings. The molecule has 25 heteroatoms. The van der Waals surface area contributed by atoms with Crippen molar-refractivity contribution in [1.29, 1.82) is 0 Å². The van der Waals surface area contributed by atoms with Crippen LogP contribution in [0, 0.1) is 0 Å². The molecular weight excluding hydrogens is 960 g/mol. The van der Waals surface area contributed by atoms with Crippen molar-refractivity contribution in [3.63, 3.8) is 0 Å². The molecule has 0 unspecified atom stereocenters. The Kier molecular flexibility index (Phi) is 13.4. The van der Waals surface area contributed by atoms with Gasteiger partial charge in [0.1, 0.15) is 25.7 Å². The van der Waals surface area contributed by atoms with E-state index in [2.05, 4.69) is 9.97 Å². The highest BCUT2D eigenvalue weighted by atomic mass is 35.7. The smallest absolute Gasteiger partial charge is 0.266 e. The van der Waals surface area contributed by atoms with Crippen LogP contribution in [0.2, 0.25) is 15.1 Å². The van der Waals surface area contributed by atoms with E-state index in [1.54, 1.807) is 12.1 Å². The first-order chi connectivity index (χ1) is 27.7. The standard InChI is InChI=1S/C15H17ClF2N2O3S.C11H11Cl2NO3S.C10H11ClF2N2O3S/c1-14(2,3)13-19-10-5-4-9(16)12(11(10)23-13)24(21,22)20-7-6-15(17,18)8-20;1-11(2,3)10-14-7-5-4-6(12)9(8(7)17-10)18(13,15)16;11-6-1-2-7(14)8(16)9(6)19(17,18)15-4-3-10(12,13)5-15/h4-5H,6-8H2,1-3H3;4-5H,1-3H3;1-2,16H,3-5,14H2. The number of hydrogen-bond acceptors (Lipinski definition) is 12. The van der Waals surface area contributed by atoms with Gasteiger partial charge in [-0.25, -0.2) is 52.8 Å². The molecule has 7 rings (SSSR count). The molecule has 5 aromatic rings. The quantitative estimate of drug-likeness (QED) is 0.0732. The molecule has 0 amide bonds. The molecule has 0 aliphatic carbocycles. The Labute approximate surface area is 368 Å². The molecule has 336 valence electrons. The van der Waals surface area contributed by atoms with Crippen molar-refractivity contribution in [3.05, 3.63) is 63.2 Å². The van der Waals surface area contributed by atoms with Crippen LogP contribution in [-0.4, -0.2) is 87.0 Å². The third-order valence-electron chi connectivity index (χ3n) is 9.03. The van der Waals surface area contributed by atoms with E-state index >= 15 is 0 Å². The third kappa shape index (κ3) is 10.5. The van der Waals surface area contributed by atoms with Gasteiger partial charge in [0.05, 0.1) is 33.8 Å². The van der Waals surface area contributed by atoms with Gasteiger partial charge in [-0.1, -0.05) is 76.3 Å². The van der Waals surface area contributed by atoms with E-state index in [4.69, 9.17) is 60.1 Å². The summed E-state index contributed by atoms with van der Waals surface area (Å²) in [6.07, 6.45) is -1.07. The van der Waals surface area contributed by atoms with Gasteiger partial charge in [-0.2, -0.15) is 8.61 Å². The summed E-state index contributed by atoms with van der Waals surface area (Å²) in [6, 6.07) is 8.40. The van der Waals surface area contributed by atoms with Crippen LogP contribution in [0.1, 0.15) is 66.2 Å². The number of aromatic nitrogens is 2. The van der Waals surface area contributed by atoms with E-state index in [0.29, 0.717) is 27.1 Å². The van der Waals surface area contributed by atoms with Crippen LogP contribution >= 0.6 is 45.5 Å². The van der Waals surface area contributed by atoms with Gasteiger partial charge in [0.25, 0.3) is 20.9 Å². The summed E-state index contributed by atoms with van der Waals surface area (Å²) < 4.78 is 139. The number of halogens is 8. The van der Waals surface area contributed by atoms with Crippen LogP contribution in [0.3, 0.4) is 0 Å². The van der Waals surface area contributed by atoms with Gasteiger partial charge in [-0.3, -0.25) is 0 Å². The molecule has 2 aliphatic rings. The highest BCUT2D eigenvalue weighted by Crippen LogP contribution is 2.41. The van der Waals surface area contributed by atoms with Crippen molar-refractivity contribution in [2.75, 3.05) is 31.9 Å². The molecule has 0 bridgehead atoms. The number of nitrogens with zero attached hydrogens (tertiary/aromatic N) is 4. The molecule has 0 spiro atoms. The molecule has 0 radical (unpaired) electrons. The Morgan fingerprint density at radius 2 is 1.02 bits per heavy atom. The molecule has 14 nitrogen and oxygen atoms in total. The Hall–Kier alpha value is -3.15. The van der Waals surface area contributed by atoms with Crippen LogP contribution in [0.25, 0.3) is 22.2 Å². The summed E-state index contributed by atoms with van der Waals surface area (Å²) in [5.41, 5.74) is 5.29. The Bertz CT molecular complexity index is 2850. The highest BCUT2D eigenvalue weighted by Gasteiger charge is 2.46. The number of phenols is 1. The van der Waals surface area contributed by atoms with Gasteiger partial charge in [0.15, 0.2) is 16.9 Å². The normalized spacial score (nSPS) is 17.6. The number of fused-ring (bicyclic) bond motifs is 2. The number of sulfonamides is 2. The fourth-order valence-corrected chi connectivity index (χ4v) is 11.7. The minimum atomic E-state index is -4.30. The van der Waals surface area contributed by atoms with Crippen molar-refractivity contribution in [2.24, 2.45) is 0 Å². The summed E-state index contributed by atoms with van der Waals surface area (Å²) >= 11 is 17.7. The zero-order valence-electron chi connectivity index (χ0n) is 33.0. The summed E-state index contributed by atoms with van der Waals surface area (Å²) in [4.78, 5) is 7.38. The van der Waals surface area contributed by atoms with E-state index in [0.717, 1.165) is 4.31 Å².